The van der Waals surface area contributed by atoms with E-state index < -0.39 is 0 Å². The third-order valence-corrected chi connectivity index (χ3v) is 3.57. The predicted molar refractivity (Wildman–Crippen MR) is 68.4 cm³/mol. The molecule has 0 aromatic carbocycles. The van der Waals surface area contributed by atoms with Crippen LogP contribution in [-0.4, -0.2) is 52.8 Å². The van der Waals surface area contributed by atoms with Crippen molar-refractivity contribution in [2.75, 3.05) is 26.3 Å². The molecule has 2 aliphatic heterocycles. The fraction of sp³-hybridized carbons (Fsp3) is 0.667. The molecule has 0 bridgehead atoms. The highest BCUT2D eigenvalue weighted by Crippen LogP contribution is 2.16. The maximum absolute atomic E-state index is 6.07. The highest BCUT2D eigenvalue weighted by atomic mass is 16.5. The molecule has 0 saturated carbocycles. The molecule has 2 N–H and O–H groups in total. The van der Waals surface area contributed by atoms with Gasteiger partial charge < -0.3 is 19.9 Å². The number of imidazole rings is 1. The minimum atomic E-state index is 0.266. The van der Waals surface area contributed by atoms with Crippen molar-refractivity contribution in [1.82, 2.24) is 14.5 Å². The minimum absolute atomic E-state index is 0.266. The number of guanidine groups is 1. The van der Waals surface area contributed by atoms with E-state index in [1.54, 1.807) is 0 Å². The normalized spacial score (nSPS) is 25.0. The minimum Gasteiger partial charge on any atom is -0.378 e. The van der Waals surface area contributed by atoms with Crippen molar-refractivity contribution >= 4 is 5.96 Å². The molecule has 1 aromatic rings. The Morgan fingerprint density at radius 1 is 1.39 bits per heavy atom. The molecule has 2 aliphatic rings. The number of fused-ring (bicyclic) bond motifs is 1. The molecule has 1 saturated heterocycles. The molecule has 1 fully saturated rings. The molecular weight excluding hydrogens is 230 g/mol. The van der Waals surface area contributed by atoms with Gasteiger partial charge in [0.25, 0.3) is 0 Å². The first-order chi connectivity index (χ1) is 8.83. The summed E-state index contributed by atoms with van der Waals surface area (Å²) in [5.74, 6) is 1.77. The number of aryl methyl sites for hydroxylation is 1. The molecule has 0 amide bonds. The fourth-order valence-corrected chi connectivity index (χ4v) is 2.51. The number of aliphatic imine (C=N–C) groups is 1. The van der Waals surface area contributed by atoms with E-state index in [1.807, 2.05) is 12.4 Å². The lowest BCUT2D eigenvalue weighted by Crippen LogP contribution is -2.45. The van der Waals surface area contributed by atoms with Crippen LogP contribution >= 0.6 is 0 Å². The third-order valence-electron chi connectivity index (χ3n) is 3.57. The van der Waals surface area contributed by atoms with Crippen molar-refractivity contribution in [2.24, 2.45) is 10.7 Å². The van der Waals surface area contributed by atoms with E-state index >= 15 is 0 Å². The van der Waals surface area contributed by atoms with Crippen LogP contribution < -0.4 is 5.73 Å². The highest BCUT2D eigenvalue weighted by molar-refractivity contribution is 5.78. The Labute approximate surface area is 106 Å². The maximum atomic E-state index is 6.07. The Balaban J connectivity index is 1.65. The van der Waals surface area contributed by atoms with Gasteiger partial charge in [0.15, 0.2) is 5.96 Å². The number of hydrogen-bond acceptors (Lipinski definition) is 3. The van der Waals surface area contributed by atoms with Gasteiger partial charge in [-0.1, -0.05) is 0 Å². The van der Waals surface area contributed by atoms with Gasteiger partial charge in [-0.25, -0.2) is 9.98 Å². The average Bonchev–Trinajstić information content (AvgIpc) is 2.87. The maximum Gasteiger partial charge on any atom is 0.191 e. The molecule has 6 nitrogen and oxygen atoms in total. The van der Waals surface area contributed by atoms with Crippen LogP contribution in [0.25, 0.3) is 0 Å². The number of ether oxygens (including phenoxy) is 1. The van der Waals surface area contributed by atoms with Crippen LogP contribution in [0.5, 0.6) is 0 Å². The van der Waals surface area contributed by atoms with Gasteiger partial charge in [-0.15, -0.1) is 0 Å². The predicted octanol–water partition coefficient (Wildman–Crippen LogP) is -0.155. The molecule has 1 atom stereocenters. The zero-order chi connectivity index (χ0) is 12.4. The topological polar surface area (TPSA) is 68.7 Å². The number of aromatic nitrogens is 2. The first-order valence-electron chi connectivity index (χ1n) is 6.49. The SMILES string of the molecule is NC(=NC1CCn2ccnc2C1)N1CCOCC1. The summed E-state index contributed by atoms with van der Waals surface area (Å²) in [6.45, 7) is 4.16. The van der Waals surface area contributed by atoms with Crippen LogP contribution in [0.1, 0.15) is 12.2 Å². The van der Waals surface area contributed by atoms with E-state index in [0.29, 0.717) is 5.96 Å². The number of nitrogens with two attached hydrogens (primary N) is 1. The van der Waals surface area contributed by atoms with Crippen LogP contribution in [0.3, 0.4) is 0 Å². The van der Waals surface area contributed by atoms with Gasteiger partial charge in [0.2, 0.25) is 0 Å². The molecule has 98 valence electrons. The van der Waals surface area contributed by atoms with Gasteiger partial charge >= 0.3 is 0 Å². The first kappa shape index (κ1) is 11.5. The second-order valence-corrected chi connectivity index (χ2v) is 4.77. The van der Waals surface area contributed by atoms with Crippen molar-refractivity contribution in [3.63, 3.8) is 0 Å². The second kappa shape index (κ2) is 4.97. The van der Waals surface area contributed by atoms with Gasteiger partial charge in [0.05, 0.1) is 19.3 Å². The van der Waals surface area contributed by atoms with Gasteiger partial charge in [0, 0.05) is 38.4 Å². The average molecular weight is 249 g/mol. The van der Waals surface area contributed by atoms with Crippen LogP contribution in [0, 0.1) is 0 Å². The van der Waals surface area contributed by atoms with Gasteiger partial charge in [-0.05, 0) is 6.42 Å². The largest absolute Gasteiger partial charge is 0.378 e. The van der Waals surface area contributed by atoms with E-state index in [-0.39, 0.29) is 6.04 Å². The summed E-state index contributed by atoms with van der Waals surface area (Å²) in [6.07, 6.45) is 5.81. The van der Waals surface area contributed by atoms with Crippen molar-refractivity contribution in [1.29, 1.82) is 0 Å². The molecule has 18 heavy (non-hydrogen) atoms. The second-order valence-electron chi connectivity index (χ2n) is 4.77. The highest BCUT2D eigenvalue weighted by Gasteiger charge is 2.20. The summed E-state index contributed by atoms with van der Waals surface area (Å²) in [4.78, 5) is 11.1. The summed E-state index contributed by atoms with van der Waals surface area (Å²) >= 11 is 0. The van der Waals surface area contributed by atoms with E-state index in [1.165, 1.54) is 0 Å². The summed E-state index contributed by atoms with van der Waals surface area (Å²) in [5.41, 5.74) is 6.07. The van der Waals surface area contributed by atoms with E-state index in [0.717, 1.165) is 51.5 Å². The lowest BCUT2D eigenvalue weighted by molar-refractivity contribution is 0.0672. The van der Waals surface area contributed by atoms with Crippen LogP contribution in [0.2, 0.25) is 0 Å². The van der Waals surface area contributed by atoms with Crippen molar-refractivity contribution in [2.45, 2.75) is 25.4 Å². The lowest BCUT2D eigenvalue weighted by atomic mass is 10.1. The fourth-order valence-electron chi connectivity index (χ4n) is 2.51. The number of hydrogen-bond donors (Lipinski definition) is 1. The smallest absolute Gasteiger partial charge is 0.191 e. The summed E-state index contributed by atoms with van der Waals surface area (Å²) < 4.78 is 7.50. The van der Waals surface area contributed by atoms with Gasteiger partial charge in [-0.3, -0.25) is 0 Å². The Kier molecular flexibility index (Phi) is 3.19. The summed E-state index contributed by atoms with van der Waals surface area (Å²) in [5, 5.41) is 0. The molecule has 1 unspecified atom stereocenters. The first-order valence-corrected chi connectivity index (χ1v) is 6.49. The molecule has 0 radical (unpaired) electrons. The quantitative estimate of drug-likeness (QED) is 0.555. The Morgan fingerprint density at radius 3 is 3.06 bits per heavy atom. The Morgan fingerprint density at radius 2 is 2.22 bits per heavy atom. The molecule has 3 rings (SSSR count). The standard InChI is InChI=1S/C12H19N5O/c13-12(17-5-7-18-8-6-17)15-10-1-3-16-4-2-14-11(16)9-10/h2,4,10H,1,3,5-9H2,(H2,13,15). The summed E-state index contributed by atoms with van der Waals surface area (Å²) in [6, 6.07) is 0.266. The van der Waals surface area contributed by atoms with E-state index in [9.17, 15) is 0 Å². The zero-order valence-electron chi connectivity index (χ0n) is 10.5. The Bertz CT molecular complexity index is 435. The van der Waals surface area contributed by atoms with Crippen molar-refractivity contribution in [3.05, 3.63) is 18.2 Å². The summed E-state index contributed by atoms with van der Waals surface area (Å²) in [7, 11) is 0. The zero-order valence-corrected chi connectivity index (χ0v) is 10.5. The molecule has 0 aliphatic carbocycles. The van der Waals surface area contributed by atoms with Gasteiger partial charge in [0.1, 0.15) is 5.82 Å². The van der Waals surface area contributed by atoms with Gasteiger partial charge in [-0.2, -0.15) is 0 Å². The molecular formula is C12H19N5O. The molecule has 1 aromatic heterocycles. The van der Waals surface area contributed by atoms with Crippen LogP contribution in [-0.2, 0) is 17.7 Å². The molecule has 0 spiro atoms. The van der Waals surface area contributed by atoms with E-state index in [2.05, 4.69) is 19.4 Å². The third kappa shape index (κ3) is 2.33. The van der Waals surface area contributed by atoms with E-state index in [4.69, 9.17) is 10.5 Å². The van der Waals surface area contributed by atoms with Crippen molar-refractivity contribution in [3.8, 4) is 0 Å². The Hall–Kier alpha value is -1.56. The number of rotatable bonds is 1. The number of nitrogens with zero attached hydrogens (tertiary/aromatic N) is 4. The van der Waals surface area contributed by atoms with Crippen molar-refractivity contribution < 1.29 is 4.74 Å². The number of morpholine rings is 1. The van der Waals surface area contributed by atoms with Crippen LogP contribution in [0.15, 0.2) is 17.4 Å². The molecule has 3 heterocycles. The van der Waals surface area contributed by atoms with Crippen LogP contribution in [0.4, 0.5) is 0 Å². The monoisotopic (exact) mass is 249 g/mol. The lowest BCUT2D eigenvalue weighted by Gasteiger charge is -2.29. The molecule has 6 heteroatoms.